The van der Waals surface area contributed by atoms with Crippen molar-refractivity contribution in [2.75, 3.05) is 16.0 Å². The number of nitrogens with one attached hydrogen (secondary N) is 3. The summed E-state index contributed by atoms with van der Waals surface area (Å²) in [6.45, 7) is 10.4. The van der Waals surface area contributed by atoms with Gasteiger partial charge in [-0.1, -0.05) is 0 Å². The molecule has 9 heteroatoms. The van der Waals surface area contributed by atoms with Gasteiger partial charge >= 0.3 is 0 Å². The predicted octanol–water partition coefficient (Wildman–Crippen LogP) is 0.415. The van der Waals surface area contributed by atoms with E-state index in [2.05, 4.69) is 30.9 Å². The van der Waals surface area contributed by atoms with E-state index in [9.17, 15) is 15.3 Å². The van der Waals surface area contributed by atoms with Gasteiger partial charge in [0.25, 0.3) is 0 Å². The van der Waals surface area contributed by atoms with Crippen molar-refractivity contribution in [3.05, 3.63) is 0 Å². The van der Waals surface area contributed by atoms with E-state index in [1.165, 1.54) is 0 Å². The second kappa shape index (κ2) is 8.95. The van der Waals surface area contributed by atoms with Gasteiger partial charge < -0.3 is 31.3 Å². The fraction of sp³-hybridized carbons (Fsp3) is 0.800. The van der Waals surface area contributed by atoms with Gasteiger partial charge in [0.2, 0.25) is 17.8 Å². The van der Waals surface area contributed by atoms with Crippen molar-refractivity contribution in [1.29, 1.82) is 0 Å². The lowest BCUT2D eigenvalue weighted by Crippen LogP contribution is -2.32. The van der Waals surface area contributed by atoms with Crippen LogP contribution in [-0.4, -0.2) is 66.7 Å². The maximum atomic E-state index is 9.63. The number of nitrogens with zero attached hydrogens (tertiary/aromatic N) is 3. The van der Waals surface area contributed by atoms with Crippen LogP contribution in [0.5, 0.6) is 0 Å². The van der Waals surface area contributed by atoms with E-state index in [-0.39, 0.29) is 18.1 Å². The van der Waals surface area contributed by atoms with Crippen molar-refractivity contribution in [1.82, 2.24) is 15.0 Å². The van der Waals surface area contributed by atoms with Gasteiger partial charge in [-0.25, -0.2) is 0 Å². The summed E-state index contributed by atoms with van der Waals surface area (Å²) in [4.78, 5) is 12.8. The number of rotatable bonds is 9. The molecule has 0 amide bonds. The number of aliphatic hydroxyl groups excluding tert-OH is 3. The number of hydrogen-bond acceptors (Lipinski definition) is 9. The number of aromatic nitrogens is 3. The molecule has 0 radical (unpaired) electrons. The molecule has 6 atom stereocenters. The zero-order chi connectivity index (χ0) is 18.4. The summed E-state index contributed by atoms with van der Waals surface area (Å²) < 4.78 is 0. The summed E-state index contributed by atoms with van der Waals surface area (Å²) in [5.41, 5.74) is 0. The highest BCUT2D eigenvalue weighted by atomic mass is 16.3. The molecule has 1 aromatic rings. The molecule has 0 spiro atoms. The summed E-state index contributed by atoms with van der Waals surface area (Å²) in [7, 11) is 0. The maximum Gasteiger partial charge on any atom is 0.229 e. The second-order valence-corrected chi connectivity index (χ2v) is 6.33. The normalized spacial score (nSPS) is 18.9. The highest BCUT2D eigenvalue weighted by molar-refractivity contribution is 5.43. The minimum absolute atomic E-state index is 0.253. The highest BCUT2D eigenvalue weighted by Gasteiger charge is 2.17. The van der Waals surface area contributed by atoms with E-state index in [1.54, 1.807) is 20.8 Å². The molecule has 0 fully saturated rings. The molecule has 0 aliphatic heterocycles. The van der Waals surface area contributed by atoms with Crippen LogP contribution in [0.25, 0.3) is 0 Å². The first-order valence-electron chi connectivity index (χ1n) is 8.20. The first-order chi connectivity index (χ1) is 11.1. The Bertz CT molecular complexity index is 428. The Hall–Kier alpha value is -1.71. The highest BCUT2D eigenvalue weighted by Crippen LogP contribution is 2.14. The van der Waals surface area contributed by atoms with E-state index in [0.717, 1.165) is 0 Å². The number of anilines is 3. The molecule has 0 saturated heterocycles. The Morgan fingerprint density at radius 2 is 0.750 bits per heavy atom. The SMILES string of the molecule is CC(O)C(C)Nc1nc(NC(C)C(C)O)nc(NC(C)C(C)O)n1. The summed E-state index contributed by atoms with van der Waals surface area (Å²) in [5, 5.41) is 37.9. The number of aliphatic hydroxyl groups is 3. The van der Waals surface area contributed by atoms with Gasteiger partial charge in [-0.2, -0.15) is 15.0 Å². The van der Waals surface area contributed by atoms with Crippen LogP contribution >= 0.6 is 0 Å². The van der Waals surface area contributed by atoms with E-state index in [0.29, 0.717) is 17.8 Å². The Kier molecular flexibility index (Phi) is 7.59. The lowest BCUT2D eigenvalue weighted by Gasteiger charge is -2.21. The molecule has 6 unspecified atom stereocenters. The molecule has 0 saturated carbocycles. The van der Waals surface area contributed by atoms with Crippen molar-refractivity contribution in [3.63, 3.8) is 0 Å². The number of hydrogen-bond donors (Lipinski definition) is 6. The van der Waals surface area contributed by atoms with Crippen LogP contribution in [0.2, 0.25) is 0 Å². The molecule has 0 aliphatic carbocycles. The average Bonchev–Trinajstić information content (AvgIpc) is 2.46. The van der Waals surface area contributed by atoms with E-state index in [1.807, 2.05) is 20.8 Å². The molecule has 9 nitrogen and oxygen atoms in total. The van der Waals surface area contributed by atoms with Gasteiger partial charge in [0, 0.05) is 0 Å². The minimum atomic E-state index is -0.581. The van der Waals surface area contributed by atoms with Gasteiger partial charge in [0.15, 0.2) is 0 Å². The van der Waals surface area contributed by atoms with Gasteiger partial charge in [0.1, 0.15) is 0 Å². The van der Waals surface area contributed by atoms with Gasteiger partial charge in [-0.15, -0.1) is 0 Å². The van der Waals surface area contributed by atoms with Crippen LogP contribution < -0.4 is 16.0 Å². The molecule has 1 rings (SSSR count). The third kappa shape index (κ3) is 6.42. The summed E-state index contributed by atoms with van der Waals surface area (Å²) in [5.74, 6) is 0.872. The maximum absolute atomic E-state index is 9.63. The van der Waals surface area contributed by atoms with Gasteiger partial charge in [-0.3, -0.25) is 0 Å². The van der Waals surface area contributed by atoms with Crippen molar-refractivity contribution in [2.45, 2.75) is 78.0 Å². The lowest BCUT2D eigenvalue weighted by molar-refractivity contribution is 0.177. The monoisotopic (exact) mass is 342 g/mol. The zero-order valence-electron chi connectivity index (χ0n) is 15.1. The smallest absolute Gasteiger partial charge is 0.229 e. The predicted molar refractivity (Wildman–Crippen MR) is 94.1 cm³/mol. The van der Waals surface area contributed by atoms with Crippen LogP contribution in [0.3, 0.4) is 0 Å². The molecule has 0 aliphatic rings. The van der Waals surface area contributed by atoms with Gasteiger partial charge in [0.05, 0.1) is 36.4 Å². The van der Waals surface area contributed by atoms with Crippen LogP contribution in [0.15, 0.2) is 0 Å². The zero-order valence-corrected chi connectivity index (χ0v) is 15.1. The van der Waals surface area contributed by atoms with E-state index < -0.39 is 18.3 Å². The van der Waals surface area contributed by atoms with Crippen molar-refractivity contribution in [3.8, 4) is 0 Å². The van der Waals surface area contributed by atoms with E-state index in [4.69, 9.17) is 0 Å². The molecule has 0 bridgehead atoms. The van der Waals surface area contributed by atoms with Crippen LogP contribution in [0.4, 0.5) is 17.8 Å². The summed E-state index contributed by atoms with van der Waals surface area (Å²) in [6.07, 6.45) is -1.74. The summed E-state index contributed by atoms with van der Waals surface area (Å²) in [6, 6.07) is -0.760. The Morgan fingerprint density at radius 3 is 0.917 bits per heavy atom. The molecule has 1 aromatic heterocycles. The van der Waals surface area contributed by atoms with Crippen molar-refractivity contribution in [2.24, 2.45) is 0 Å². The topological polar surface area (TPSA) is 135 Å². The Morgan fingerprint density at radius 1 is 0.542 bits per heavy atom. The largest absolute Gasteiger partial charge is 0.391 e. The lowest BCUT2D eigenvalue weighted by atomic mass is 10.2. The van der Waals surface area contributed by atoms with Crippen molar-refractivity contribution >= 4 is 17.8 Å². The van der Waals surface area contributed by atoms with E-state index >= 15 is 0 Å². The third-order valence-corrected chi connectivity index (χ3v) is 3.88. The molecule has 1 heterocycles. The standard InChI is InChI=1S/C15H30N6O3/c1-7(10(4)22)16-13-19-14(17-8(2)11(5)23)21-15(20-13)18-9(3)12(6)24/h7-12,22-24H,1-6H3,(H3,16,17,18,19,20,21). The molecular formula is C15H30N6O3. The minimum Gasteiger partial charge on any atom is -0.391 e. The molecule has 138 valence electrons. The quantitative estimate of drug-likeness (QED) is 0.377. The summed E-state index contributed by atoms with van der Waals surface area (Å²) >= 11 is 0. The van der Waals surface area contributed by atoms with Crippen LogP contribution in [0, 0.1) is 0 Å². The first kappa shape index (κ1) is 20.3. The first-order valence-corrected chi connectivity index (χ1v) is 8.20. The van der Waals surface area contributed by atoms with Crippen LogP contribution in [-0.2, 0) is 0 Å². The second-order valence-electron chi connectivity index (χ2n) is 6.33. The molecule has 24 heavy (non-hydrogen) atoms. The fourth-order valence-electron chi connectivity index (χ4n) is 1.54. The average molecular weight is 342 g/mol. The Labute approximate surface area is 143 Å². The van der Waals surface area contributed by atoms with Crippen LogP contribution in [0.1, 0.15) is 41.5 Å². The Balaban J connectivity index is 3.04. The molecule has 6 N–H and O–H groups in total. The van der Waals surface area contributed by atoms with Crippen molar-refractivity contribution < 1.29 is 15.3 Å². The van der Waals surface area contributed by atoms with Gasteiger partial charge in [-0.05, 0) is 41.5 Å². The third-order valence-electron chi connectivity index (χ3n) is 3.88. The molecule has 0 aromatic carbocycles. The fourth-order valence-corrected chi connectivity index (χ4v) is 1.54. The molecular weight excluding hydrogens is 312 g/mol.